The zero-order chi connectivity index (χ0) is 20.6. The van der Waals surface area contributed by atoms with E-state index in [1.54, 1.807) is 0 Å². The van der Waals surface area contributed by atoms with Gasteiger partial charge < -0.3 is 15.0 Å². The molecule has 1 saturated carbocycles. The number of nitrogens with zero attached hydrogens (tertiary/aromatic N) is 1. The molecule has 1 aliphatic rings. The second-order valence-corrected chi connectivity index (χ2v) is 8.37. The summed E-state index contributed by atoms with van der Waals surface area (Å²) in [6.45, 7) is -0.0494. The van der Waals surface area contributed by atoms with Gasteiger partial charge in [-0.15, -0.1) is 0 Å². The lowest BCUT2D eigenvalue weighted by atomic mass is 9.82. The second kappa shape index (κ2) is 7.57. The fraction of sp³-hybridized carbons (Fsp3) is 0.353. The first-order valence-corrected chi connectivity index (χ1v) is 9.85. The molecule has 0 saturated heterocycles. The van der Waals surface area contributed by atoms with Crippen LogP contribution in [0.4, 0.5) is 18.9 Å². The van der Waals surface area contributed by atoms with Gasteiger partial charge in [0.1, 0.15) is 10.6 Å². The Labute approximate surface area is 159 Å². The smallest absolute Gasteiger partial charge is 0.275 e. The standard InChI is InChI=1S/C17H18F3N3O4S/c1-23-7-14(28(26,27)22-11-4-9(5-11)8-24)15(20)16(23)17(25)21-10-2-3-12(18)13(19)6-10/h2-3,6-7,9,11,22,24H,4-5,8H2,1H3,(H,21,25)/t9-,11+. The highest BCUT2D eigenvalue weighted by Gasteiger charge is 2.35. The highest BCUT2D eigenvalue weighted by molar-refractivity contribution is 7.89. The van der Waals surface area contributed by atoms with Gasteiger partial charge in [-0.25, -0.2) is 26.3 Å². The van der Waals surface area contributed by atoms with Crippen LogP contribution in [0.15, 0.2) is 29.3 Å². The molecule has 1 aromatic carbocycles. The molecule has 3 N–H and O–H groups in total. The van der Waals surface area contributed by atoms with E-state index >= 15 is 0 Å². The average Bonchev–Trinajstić information content (AvgIpc) is 2.89. The van der Waals surface area contributed by atoms with Crippen molar-refractivity contribution in [1.29, 1.82) is 0 Å². The number of anilines is 1. The zero-order valence-corrected chi connectivity index (χ0v) is 15.6. The number of amides is 1. The number of aryl methyl sites for hydroxylation is 1. The first-order valence-electron chi connectivity index (χ1n) is 8.36. The van der Waals surface area contributed by atoms with Gasteiger partial charge in [0.2, 0.25) is 10.0 Å². The summed E-state index contributed by atoms with van der Waals surface area (Å²) in [5.41, 5.74) is -0.691. The van der Waals surface area contributed by atoms with E-state index in [4.69, 9.17) is 5.11 Å². The number of carbonyl (C=O) groups is 1. The number of benzene rings is 1. The summed E-state index contributed by atoms with van der Waals surface area (Å²) in [6, 6.07) is 2.19. The number of sulfonamides is 1. The van der Waals surface area contributed by atoms with Crippen molar-refractivity contribution in [3.63, 3.8) is 0 Å². The van der Waals surface area contributed by atoms with Crippen LogP contribution >= 0.6 is 0 Å². The molecule has 0 radical (unpaired) electrons. The lowest BCUT2D eigenvalue weighted by Crippen LogP contribution is -2.45. The number of rotatable bonds is 6. The van der Waals surface area contributed by atoms with Crippen molar-refractivity contribution >= 4 is 21.6 Å². The van der Waals surface area contributed by atoms with Crippen LogP contribution in [0.25, 0.3) is 0 Å². The molecule has 0 unspecified atom stereocenters. The van der Waals surface area contributed by atoms with Crippen LogP contribution in [0.5, 0.6) is 0 Å². The maximum atomic E-state index is 14.7. The van der Waals surface area contributed by atoms with E-state index in [0.717, 1.165) is 29.0 Å². The summed E-state index contributed by atoms with van der Waals surface area (Å²) in [7, 11) is -2.94. The fourth-order valence-electron chi connectivity index (χ4n) is 3.04. The molecule has 0 atom stereocenters. The number of halogens is 3. The third kappa shape index (κ3) is 3.91. The van der Waals surface area contributed by atoms with Gasteiger partial charge in [-0.2, -0.15) is 0 Å². The van der Waals surface area contributed by atoms with Gasteiger partial charge >= 0.3 is 0 Å². The zero-order valence-electron chi connectivity index (χ0n) is 14.7. The summed E-state index contributed by atoms with van der Waals surface area (Å²) >= 11 is 0. The SMILES string of the molecule is Cn1cc(S(=O)(=O)N[C@H]2C[C@@H](CO)C2)c(F)c1C(=O)Nc1ccc(F)c(F)c1. The number of aromatic nitrogens is 1. The molecule has 11 heteroatoms. The summed E-state index contributed by atoms with van der Waals surface area (Å²) in [4.78, 5) is 11.6. The molecule has 1 amide bonds. The van der Waals surface area contributed by atoms with E-state index in [-0.39, 0.29) is 18.2 Å². The first kappa shape index (κ1) is 20.4. The molecule has 1 aliphatic carbocycles. The molecule has 28 heavy (non-hydrogen) atoms. The van der Waals surface area contributed by atoms with E-state index in [0.29, 0.717) is 12.8 Å². The Morgan fingerprint density at radius 2 is 1.93 bits per heavy atom. The Hall–Kier alpha value is -2.37. The van der Waals surface area contributed by atoms with E-state index in [1.165, 1.54) is 7.05 Å². The number of aliphatic hydroxyl groups is 1. The minimum atomic E-state index is -4.22. The summed E-state index contributed by atoms with van der Waals surface area (Å²) in [6.07, 6.45) is 1.83. The number of hydrogen-bond acceptors (Lipinski definition) is 4. The lowest BCUT2D eigenvalue weighted by Gasteiger charge is -2.34. The molecule has 7 nitrogen and oxygen atoms in total. The van der Waals surface area contributed by atoms with Crippen molar-refractivity contribution < 1.29 is 31.5 Å². The maximum Gasteiger partial charge on any atom is 0.275 e. The fourth-order valence-corrected chi connectivity index (χ4v) is 4.43. The average molecular weight is 417 g/mol. The molecule has 152 valence electrons. The molecule has 0 bridgehead atoms. The molecular weight excluding hydrogens is 399 g/mol. The minimum absolute atomic E-state index is 0.00534. The topological polar surface area (TPSA) is 100 Å². The highest BCUT2D eigenvalue weighted by Crippen LogP contribution is 2.29. The highest BCUT2D eigenvalue weighted by atomic mass is 32.2. The van der Waals surface area contributed by atoms with Crippen molar-refractivity contribution in [3.8, 4) is 0 Å². The Morgan fingerprint density at radius 1 is 1.25 bits per heavy atom. The Morgan fingerprint density at radius 3 is 2.54 bits per heavy atom. The maximum absolute atomic E-state index is 14.7. The molecule has 1 fully saturated rings. The molecule has 2 aromatic rings. The summed E-state index contributed by atoms with van der Waals surface area (Å²) in [5, 5.41) is 11.2. The van der Waals surface area contributed by atoms with Gasteiger partial charge in [-0.3, -0.25) is 4.79 Å². The molecule has 0 spiro atoms. The van der Waals surface area contributed by atoms with E-state index in [1.807, 2.05) is 0 Å². The number of nitrogens with one attached hydrogen (secondary N) is 2. The minimum Gasteiger partial charge on any atom is -0.396 e. The van der Waals surface area contributed by atoms with Gasteiger partial charge in [0.25, 0.3) is 5.91 Å². The Bertz CT molecular complexity index is 1020. The molecule has 1 heterocycles. The number of aliphatic hydroxyl groups excluding tert-OH is 1. The van der Waals surface area contributed by atoms with Crippen LogP contribution in [-0.2, 0) is 17.1 Å². The first-order chi connectivity index (χ1) is 13.1. The number of hydrogen-bond donors (Lipinski definition) is 3. The van der Waals surface area contributed by atoms with Crippen LogP contribution in [0.3, 0.4) is 0 Å². The Kier molecular flexibility index (Phi) is 5.50. The number of carbonyl (C=O) groups excluding carboxylic acids is 1. The van der Waals surface area contributed by atoms with Gasteiger partial charge in [0, 0.05) is 37.6 Å². The molecule has 0 aliphatic heterocycles. The normalized spacial score (nSPS) is 19.3. The van der Waals surface area contributed by atoms with E-state index in [2.05, 4.69) is 10.0 Å². The summed E-state index contributed by atoms with van der Waals surface area (Å²) in [5.74, 6) is -4.57. The van der Waals surface area contributed by atoms with Crippen LogP contribution in [0, 0.1) is 23.4 Å². The van der Waals surface area contributed by atoms with Crippen molar-refractivity contribution in [2.24, 2.45) is 13.0 Å². The van der Waals surface area contributed by atoms with Crippen molar-refractivity contribution in [2.45, 2.75) is 23.8 Å². The van der Waals surface area contributed by atoms with Crippen LogP contribution in [-0.4, -0.2) is 36.6 Å². The lowest BCUT2D eigenvalue weighted by molar-refractivity contribution is 0.101. The van der Waals surface area contributed by atoms with Gasteiger partial charge in [-0.05, 0) is 30.9 Å². The van der Waals surface area contributed by atoms with Crippen LogP contribution in [0.2, 0.25) is 0 Å². The quantitative estimate of drug-likeness (QED) is 0.667. The van der Waals surface area contributed by atoms with Gasteiger partial charge in [0.05, 0.1) is 0 Å². The van der Waals surface area contributed by atoms with Gasteiger partial charge in [0.15, 0.2) is 17.5 Å². The van der Waals surface area contributed by atoms with Crippen LogP contribution < -0.4 is 10.0 Å². The van der Waals surface area contributed by atoms with Crippen molar-refractivity contribution in [1.82, 2.24) is 9.29 Å². The van der Waals surface area contributed by atoms with E-state index < -0.39 is 50.0 Å². The summed E-state index contributed by atoms with van der Waals surface area (Å²) < 4.78 is 69.1. The predicted octanol–water partition coefficient (Wildman–Crippen LogP) is 1.74. The monoisotopic (exact) mass is 417 g/mol. The van der Waals surface area contributed by atoms with Crippen LogP contribution in [0.1, 0.15) is 23.3 Å². The predicted molar refractivity (Wildman–Crippen MR) is 93.6 cm³/mol. The second-order valence-electron chi connectivity index (χ2n) is 6.69. The van der Waals surface area contributed by atoms with Crippen molar-refractivity contribution in [3.05, 3.63) is 47.5 Å². The van der Waals surface area contributed by atoms with Gasteiger partial charge in [-0.1, -0.05) is 0 Å². The Balaban J connectivity index is 1.80. The third-order valence-corrected chi connectivity index (χ3v) is 6.09. The largest absolute Gasteiger partial charge is 0.396 e. The molecule has 3 rings (SSSR count). The van der Waals surface area contributed by atoms with E-state index in [9.17, 15) is 26.4 Å². The third-order valence-electron chi connectivity index (χ3n) is 4.59. The molecular formula is C17H18F3N3O4S. The molecule has 1 aromatic heterocycles. The van der Waals surface area contributed by atoms with Crippen molar-refractivity contribution in [2.75, 3.05) is 11.9 Å².